The van der Waals surface area contributed by atoms with E-state index >= 15 is 0 Å². The van der Waals surface area contributed by atoms with Crippen molar-refractivity contribution in [2.75, 3.05) is 20.8 Å². The number of benzene rings is 2. The minimum atomic E-state index is -0.929. The maximum Gasteiger partial charge on any atom is 0.332 e. The maximum absolute atomic E-state index is 10.9. The van der Waals surface area contributed by atoms with Gasteiger partial charge in [-0.1, -0.05) is 41.1 Å². The molecule has 11 heteroatoms. The van der Waals surface area contributed by atoms with Gasteiger partial charge in [-0.05, 0) is 82.3 Å². The van der Waals surface area contributed by atoms with E-state index in [2.05, 4.69) is 32.6 Å². The number of carboxylic acid groups (broad SMARTS) is 1. The van der Waals surface area contributed by atoms with Crippen LogP contribution in [0, 0.1) is 19.8 Å². The number of aromatic nitrogens is 2. The van der Waals surface area contributed by atoms with Crippen LogP contribution in [-0.2, 0) is 25.3 Å². The van der Waals surface area contributed by atoms with Gasteiger partial charge >= 0.3 is 5.97 Å². The molecule has 1 N–H and O–H groups in total. The summed E-state index contributed by atoms with van der Waals surface area (Å²) in [6.45, 7) is 6.23. The van der Waals surface area contributed by atoms with Gasteiger partial charge in [-0.3, -0.25) is 0 Å². The summed E-state index contributed by atoms with van der Waals surface area (Å²) in [5, 5.41) is 8.94. The molecule has 1 aliphatic carbocycles. The molecule has 2 heterocycles. The van der Waals surface area contributed by atoms with Crippen molar-refractivity contribution in [2.24, 2.45) is 5.92 Å². The van der Waals surface area contributed by atoms with Gasteiger partial charge in [0, 0.05) is 15.6 Å². The lowest BCUT2D eigenvalue weighted by molar-refractivity contribution is -0.150. The van der Waals surface area contributed by atoms with Crippen molar-refractivity contribution < 1.29 is 37.7 Å². The zero-order chi connectivity index (χ0) is 32.3. The number of aryl methyl sites for hydroxylation is 2. The molecule has 0 aliphatic heterocycles. The van der Waals surface area contributed by atoms with Gasteiger partial charge in [-0.25, -0.2) is 14.8 Å². The Hall–Kier alpha value is -3.42. The van der Waals surface area contributed by atoms with Gasteiger partial charge in [0.25, 0.3) is 0 Å². The number of hydrogen-bond donors (Lipinski definition) is 1. The molecule has 45 heavy (non-hydrogen) atoms. The Labute approximate surface area is 277 Å². The largest absolute Gasteiger partial charge is 0.497 e. The highest BCUT2D eigenvalue weighted by atomic mass is 127. The number of halogens is 1. The maximum atomic E-state index is 10.9. The fourth-order valence-electron chi connectivity index (χ4n) is 4.97. The minimum Gasteiger partial charge on any atom is -0.497 e. The average Bonchev–Trinajstić information content (AvgIpc) is 3.64. The van der Waals surface area contributed by atoms with E-state index < -0.39 is 12.1 Å². The Morgan fingerprint density at radius 1 is 0.956 bits per heavy atom. The van der Waals surface area contributed by atoms with Gasteiger partial charge in [-0.15, -0.1) is 0 Å². The first kappa shape index (κ1) is 34.5. The molecule has 0 bridgehead atoms. The lowest BCUT2D eigenvalue weighted by atomic mass is 9.87. The zero-order valence-electron chi connectivity index (χ0n) is 26.4. The Morgan fingerprint density at radius 2 is 1.53 bits per heavy atom. The number of hydrogen-bond acceptors (Lipinski definition) is 9. The first-order valence-electron chi connectivity index (χ1n) is 14.9. The topological polar surface area (TPSA) is 126 Å². The molecule has 1 fully saturated rings. The van der Waals surface area contributed by atoms with E-state index in [1.807, 2.05) is 62.4 Å². The molecule has 1 unspecified atom stereocenters. The summed E-state index contributed by atoms with van der Waals surface area (Å²) in [5.74, 6) is 3.79. The summed E-state index contributed by atoms with van der Waals surface area (Å²) in [6, 6.07) is 15.3. The second kappa shape index (κ2) is 16.8. The third-order valence-corrected chi connectivity index (χ3v) is 8.39. The highest BCUT2D eigenvalue weighted by molar-refractivity contribution is 14.1. The molecule has 0 amide bonds. The predicted molar refractivity (Wildman–Crippen MR) is 178 cm³/mol. The van der Waals surface area contributed by atoms with Gasteiger partial charge < -0.3 is 32.9 Å². The predicted octanol–water partition coefficient (Wildman–Crippen LogP) is 7.82. The highest BCUT2D eigenvalue weighted by Crippen LogP contribution is 2.30. The summed E-state index contributed by atoms with van der Waals surface area (Å²) < 4.78 is 34.3. The van der Waals surface area contributed by atoms with E-state index in [-0.39, 0.29) is 6.10 Å². The van der Waals surface area contributed by atoms with Crippen molar-refractivity contribution in [3.05, 3.63) is 71.4 Å². The van der Waals surface area contributed by atoms with Gasteiger partial charge in [0.15, 0.2) is 6.10 Å². The Balaban J connectivity index is 0.000000242. The number of oxazole rings is 2. The summed E-state index contributed by atoms with van der Waals surface area (Å²) >= 11 is 2.28. The fourth-order valence-corrected chi connectivity index (χ4v) is 5.67. The number of alkyl halides is 1. The van der Waals surface area contributed by atoms with Crippen LogP contribution < -0.4 is 9.47 Å². The molecule has 3 atom stereocenters. The number of ether oxygens (including phenoxy) is 4. The van der Waals surface area contributed by atoms with Crippen molar-refractivity contribution in [1.29, 1.82) is 0 Å². The second-order valence-electron chi connectivity index (χ2n) is 10.9. The standard InChI is InChI=1S/C22H29NO6.C12H12INO2/c1-14-20(23-21(29-14)17-7-5-8-18(11-17)26-3)13-28-19-9-4-6-16(10-19)12-27-15(2)22(24)25;1-8-11(7-13)14-12(16-8)9-4-3-5-10(6-9)15-2/h5,7-8,11,15-16,19H,4,6,9-10,12-13H2,1-3H3,(H,24,25);3-6H,7H2,1-2H3/t15?,16-,19+;/m0./s1. The molecule has 2 aromatic carbocycles. The number of methoxy groups -OCH3 is 2. The first-order valence-corrected chi connectivity index (χ1v) is 16.5. The van der Waals surface area contributed by atoms with Crippen LogP contribution in [0.5, 0.6) is 11.5 Å². The third kappa shape index (κ3) is 9.78. The minimum absolute atomic E-state index is 0.119. The summed E-state index contributed by atoms with van der Waals surface area (Å²) in [4.78, 5) is 19.9. The number of carbonyl (C=O) groups is 1. The quantitative estimate of drug-likeness (QED) is 0.114. The van der Waals surface area contributed by atoms with Gasteiger partial charge in [0.05, 0.1) is 39.2 Å². The van der Waals surface area contributed by atoms with Gasteiger partial charge in [-0.2, -0.15) is 0 Å². The molecule has 10 nitrogen and oxygen atoms in total. The SMILES string of the molecule is COc1cccc(-c2nc(CI)c(C)o2)c1.COc1cccc(-c2nc(CO[C@@H]3CCC[C@H](COC(C)C(=O)O)C3)c(C)o2)c1. The molecule has 0 saturated heterocycles. The van der Waals surface area contributed by atoms with Gasteiger partial charge in [0.2, 0.25) is 11.8 Å². The number of aliphatic carboxylic acids is 1. The zero-order valence-corrected chi connectivity index (χ0v) is 28.5. The van der Waals surface area contributed by atoms with Crippen LogP contribution in [0.2, 0.25) is 0 Å². The van der Waals surface area contributed by atoms with Crippen LogP contribution in [0.25, 0.3) is 22.9 Å². The number of rotatable bonds is 12. The first-order chi connectivity index (χ1) is 21.7. The Morgan fingerprint density at radius 3 is 2.07 bits per heavy atom. The van der Waals surface area contributed by atoms with E-state index in [0.717, 1.165) is 75.6 Å². The van der Waals surface area contributed by atoms with E-state index in [4.69, 9.17) is 32.9 Å². The van der Waals surface area contributed by atoms with Crippen molar-refractivity contribution in [3.63, 3.8) is 0 Å². The third-order valence-electron chi connectivity index (χ3n) is 7.67. The molecular formula is C34H41IN2O8. The van der Waals surface area contributed by atoms with Crippen LogP contribution >= 0.6 is 22.6 Å². The fraction of sp³-hybridized carbons (Fsp3) is 0.441. The molecule has 5 rings (SSSR count). The number of carboxylic acids is 1. The second-order valence-corrected chi connectivity index (χ2v) is 11.7. The van der Waals surface area contributed by atoms with Crippen molar-refractivity contribution in [1.82, 2.24) is 9.97 Å². The van der Waals surface area contributed by atoms with Crippen molar-refractivity contribution in [3.8, 4) is 34.4 Å². The van der Waals surface area contributed by atoms with Crippen LogP contribution in [0.1, 0.15) is 55.5 Å². The molecule has 2 aromatic heterocycles. The summed E-state index contributed by atoms with van der Waals surface area (Å²) in [6.07, 6.45) is 3.29. The summed E-state index contributed by atoms with van der Waals surface area (Å²) in [7, 11) is 3.28. The van der Waals surface area contributed by atoms with E-state index in [1.165, 1.54) is 0 Å². The lowest BCUT2D eigenvalue weighted by Crippen LogP contribution is -2.29. The molecule has 242 valence electrons. The van der Waals surface area contributed by atoms with Crippen LogP contribution in [-0.4, -0.2) is 54.1 Å². The van der Waals surface area contributed by atoms with Crippen LogP contribution in [0.15, 0.2) is 57.4 Å². The van der Waals surface area contributed by atoms with Crippen molar-refractivity contribution >= 4 is 28.6 Å². The van der Waals surface area contributed by atoms with E-state index in [9.17, 15) is 4.79 Å². The molecule has 1 aliphatic rings. The van der Waals surface area contributed by atoms with Crippen molar-refractivity contribution in [2.45, 2.75) is 69.7 Å². The summed E-state index contributed by atoms with van der Waals surface area (Å²) in [5.41, 5.74) is 3.60. The lowest BCUT2D eigenvalue weighted by Gasteiger charge is -2.29. The van der Waals surface area contributed by atoms with Crippen LogP contribution in [0.3, 0.4) is 0 Å². The molecule has 1 saturated carbocycles. The molecule has 0 spiro atoms. The molecular weight excluding hydrogens is 691 g/mol. The van der Waals surface area contributed by atoms with E-state index in [0.29, 0.717) is 30.9 Å². The Bertz CT molecular complexity index is 1530. The van der Waals surface area contributed by atoms with Gasteiger partial charge in [0.1, 0.15) is 28.7 Å². The molecule has 0 radical (unpaired) electrons. The molecule has 4 aromatic rings. The smallest absolute Gasteiger partial charge is 0.332 e. The normalized spacial score (nSPS) is 16.8. The number of nitrogens with zero attached hydrogens (tertiary/aromatic N) is 2. The monoisotopic (exact) mass is 732 g/mol. The highest BCUT2D eigenvalue weighted by Gasteiger charge is 2.25. The van der Waals surface area contributed by atoms with Crippen LogP contribution in [0.4, 0.5) is 0 Å². The Kier molecular flexibility index (Phi) is 12.8. The van der Waals surface area contributed by atoms with E-state index in [1.54, 1.807) is 21.1 Å². The average molecular weight is 733 g/mol.